The molecule has 0 aliphatic carbocycles. The average molecular weight is 268 g/mol. The maximum atomic E-state index is 5.03. The van der Waals surface area contributed by atoms with Crippen molar-refractivity contribution in [2.75, 3.05) is 14.2 Å². The zero-order chi connectivity index (χ0) is 8.27. The summed E-state index contributed by atoms with van der Waals surface area (Å²) in [5.74, 6) is 0. The molecule has 4 nitrogen and oxygen atoms in total. The fourth-order valence-electron chi connectivity index (χ4n) is 0.779. The number of aromatic nitrogens is 2. The van der Waals surface area contributed by atoms with E-state index in [1.54, 1.807) is 20.4 Å². The van der Waals surface area contributed by atoms with Crippen molar-refractivity contribution in [1.82, 2.24) is 10.2 Å². The molecule has 0 spiro atoms. The van der Waals surface area contributed by atoms with E-state index < -0.39 is 0 Å². The number of rotatable bonds is 3. The van der Waals surface area contributed by atoms with Gasteiger partial charge in [0.2, 0.25) is 6.29 Å². The minimum absolute atomic E-state index is 0.343. The van der Waals surface area contributed by atoms with Crippen LogP contribution in [0.15, 0.2) is 6.20 Å². The molecule has 1 aromatic rings. The second-order valence-electron chi connectivity index (χ2n) is 1.93. The van der Waals surface area contributed by atoms with Crippen molar-refractivity contribution in [2.45, 2.75) is 6.29 Å². The first-order valence-corrected chi connectivity index (χ1v) is 4.11. The summed E-state index contributed by atoms with van der Waals surface area (Å²) >= 11 is 2.16. The number of aromatic amines is 1. The van der Waals surface area contributed by atoms with Gasteiger partial charge in [0.05, 0.1) is 9.77 Å². The third-order valence-corrected chi connectivity index (χ3v) is 2.14. The van der Waals surface area contributed by atoms with E-state index in [9.17, 15) is 0 Å². The molecule has 0 bridgehead atoms. The lowest BCUT2D eigenvalue weighted by molar-refractivity contribution is -0.109. The number of hydrogen-bond acceptors (Lipinski definition) is 3. The van der Waals surface area contributed by atoms with Crippen LogP contribution in [0.25, 0.3) is 0 Å². The van der Waals surface area contributed by atoms with Crippen LogP contribution in [-0.2, 0) is 9.47 Å². The molecule has 5 heteroatoms. The molecular formula is C6H9IN2O2. The van der Waals surface area contributed by atoms with Gasteiger partial charge in [-0.1, -0.05) is 0 Å². The van der Waals surface area contributed by atoms with Crippen LogP contribution in [0, 0.1) is 3.57 Å². The molecule has 1 rings (SSSR count). The van der Waals surface area contributed by atoms with Gasteiger partial charge in [-0.3, -0.25) is 5.10 Å². The van der Waals surface area contributed by atoms with E-state index in [1.165, 1.54) is 0 Å². The molecule has 0 amide bonds. The Balaban J connectivity index is 2.81. The van der Waals surface area contributed by atoms with Gasteiger partial charge in [-0.05, 0) is 22.6 Å². The van der Waals surface area contributed by atoms with E-state index in [1.807, 2.05) is 0 Å². The molecule has 1 aromatic heterocycles. The van der Waals surface area contributed by atoms with Gasteiger partial charge in [-0.2, -0.15) is 5.10 Å². The van der Waals surface area contributed by atoms with Crippen LogP contribution >= 0.6 is 22.6 Å². The number of H-pyrrole nitrogens is 1. The minimum atomic E-state index is -0.343. The Morgan fingerprint density at radius 2 is 2.18 bits per heavy atom. The fourth-order valence-corrected chi connectivity index (χ4v) is 1.29. The molecule has 0 radical (unpaired) electrons. The van der Waals surface area contributed by atoms with E-state index in [0.717, 1.165) is 9.26 Å². The highest BCUT2D eigenvalue weighted by molar-refractivity contribution is 14.1. The summed E-state index contributed by atoms with van der Waals surface area (Å²) in [6.07, 6.45) is 1.38. The fraction of sp³-hybridized carbons (Fsp3) is 0.500. The SMILES string of the molecule is COC(OC)c1[nH]ncc1I. The minimum Gasteiger partial charge on any atom is -0.350 e. The molecule has 0 aromatic carbocycles. The van der Waals surface area contributed by atoms with Crippen molar-refractivity contribution in [3.05, 3.63) is 15.5 Å². The molecule has 0 saturated heterocycles. The van der Waals surface area contributed by atoms with Gasteiger partial charge in [-0.25, -0.2) is 0 Å². The van der Waals surface area contributed by atoms with Gasteiger partial charge in [0, 0.05) is 14.2 Å². The van der Waals surface area contributed by atoms with Crippen LogP contribution in [0.3, 0.4) is 0 Å². The number of nitrogens with one attached hydrogen (secondary N) is 1. The number of hydrogen-bond donors (Lipinski definition) is 1. The Morgan fingerprint density at radius 3 is 2.55 bits per heavy atom. The Kier molecular flexibility index (Phi) is 3.28. The zero-order valence-electron chi connectivity index (χ0n) is 6.30. The van der Waals surface area contributed by atoms with Gasteiger partial charge in [0.15, 0.2) is 0 Å². The molecule has 1 N–H and O–H groups in total. The summed E-state index contributed by atoms with van der Waals surface area (Å²) in [5.41, 5.74) is 0.857. The second kappa shape index (κ2) is 4.03. The molecule has 62 valence electrons. The Labute approximate surface area is 78.4 Å². The zero-order valence-corrected chi connectivity index (χ0v) is 8.45. The maximum Gasteiger partial charge on any atom is 0.201 e. The van der Waals surface area contributed by atoms with Crippen LogP contribution in [0.1, 0.15) is 12.0 Å². The molecule has 11 heavy (non-hydrogen) atoms. The molecule has 0 saturated carbocycles. The lowest BCUT2D eigenvalue weighted by Crippen LogP contribution is -2.05. The highest BCUT2D eigenvalue weighted by Gasteiger charge is 2.13. The highest BCUT2D eigenvalue weighted by atomic mass is 127. The number of nitrogens with zero attached hydrogens (tertiary/aromatic N) is 1. The Hall–Kier alpha value is -0.140. The summed E-state index contributed by atoms with van der Waals surface area (Å²) < 4.78 is 11.1. The van der Waals surface area contributed by atoms with Crippen molar-refractivity contribution in [3.8, 4) is 0 Å². The first-order valence-electron chi connectivity index (χ1n) is 3.04. The van der Waals surface area contributed by atoms with Crippen LogP contribution in [0.4, 0.5) is 0 Å². The van der Waals surface area contributed by atoms with Crippen LogP contribution in [-0.4, -0.2) is 24.4 Å². The largest absolute Gasteiger partial charge is 0.350 e. The van der Waals surface area contributed by atoms with Gasteiger partial charge < -0.3 is 9.47 Å². The average Bonchev–Trinajstić information content (AvgIpc) is 2.40. The molecule has 0 fully saturated rings. The molecule has 1 heterocycles. The standard InChI is InChI=1S/C6H9IN2O2/c1-10-6(11-2)5-4(7)3-8-9-5/h3,6H,1-2H3,(H,8,9). The van der Waals surface area contributed by atoms with E-state index >= 15 is 0 Å². The Bertz CT molecular complexity index is 222. The predicted octanol–water partition coefficient (Wildman–Crippen LogP) is 1.31. The van der Waals surface area contributed by atoms with Crippen molar-refractivity contribution >= 4 is 22.6 Å². The summed E-state index contributed by atoms with van der Waals surface area (Å²) in [5, 5.41) is 6.65. The van der Waals surface area contributed by atoms with E-state index in [2.05, 4.69) is 32.8 Å². The van der Waals surface area contributed by atoms with E-state index in [4.69, 9.17) is 9.47 Å². The van der Waals surface area contributed by atoms with Crippen molar-refractivity contribution in [2.24, 2.45) is 0 Å². The van der Waals surface area contributed by atoms with Crippen molar-refractivity contribution in [3.63, 3.8) is 0 Å². The monoisotopic (exact) mass is 268 g/mol. The van der Waals surface area contributed by atoms with Crippen molar-refractivity contribution < 1.29 is 9.47 Å². The summed E-state index contributed by atoms with van der Waals surface area (Å²) in [6, 6.07) is 0. The van der Waals surface area contributed by atoms with Crippen molar-refractivity contribution in [1.29, 1.82) is 0 Å². The first kappa shape index (κ1) is 8.95. The number of methoxy groups -OCH3 is 2. The molecular weight excluding hydrogens is 259 g/mol. The Morgan fingerprint density at radius 1 is 1.55 bits per heavy atom. The topological polar surface area (TPSA) is 47.1 Å². The molecule has 0 aliphatic rings. The van der Waals surface area contributed by atoms with Gasteiger partial charge in [0.25, 0.3) is 0 Å². The van der Waals surface area contributed by atoms with Crippen LogP contribution in [0.5, 0.6) is 0 Å². The quantitative estimate of drug-likeness (QED) is 0.664. The lowest BCUT2D eigenvalue weighted by Gasteiger charge is -2.10. The first-order chi connectivity index (χ1) is 5.29. The number of ether oxygens (including phenoxy) is 2. The third kappa shape index (κ3) is 1.91. The van der Waals surface area contributed by atoms with Gasteiger partial charge in [-0.15, -0.1) is 0 Å². The lowest BCUT2D eigenvalue weighted by atomic mass is 10.4. The smallest absolute Gasteiger partial charge is 0.201 e. The second-order valence-corrected chi connectivity index (χ2v) is 3.10. The number of halogens is 1. The summed E-state index contributed by atoms with van der Waals surface area (Å²) in [7, 11) is 3.18. The third-order valence-electron chi connectivity index (χ3n) is 1.28. The van der Waals surface area contributed by atoms with Crippen LogP contribution in [0.2, 0.25) is 0 Å². The van der Waals surface area contributed by atoms with E-state index in [-0.39, 0.29) is 6.29 Å². The summed E-state index contributed by atoms with van der Waals surface area (Å²) in [4.78, 5) is 0. The maximum absolute atomic E-state index is 5.03. The predicted molar refractivity (Wildman–Crippen MR) is 48.1 cm³/mol. The van der Waals surface area contributed by atoms with E-state index in [0.29, 0.717) is 0 Å². The molecule has 0 atom stereocenters. The van der Waals surface area contributed by atoms with Gasteiger partial charge in [0.1, 0.15) is 5.69 Å². The molecule has 0 aliphatic heterocycles. The van der Waals surface area contributed by atoms with Crippen LogP contribution < -0.4 is 0 Å². The normalized spacial score (nSPS) is 10.9. The molecule has 0 unspecified atom stereocenters. The highest BCUT2D eigenvalue weighted by Crippen LogP contribution is 2.19. The van der Waals surface area contributed by atoms with Gasteiger partial charge >= 0.3 is 0 Å². The summed E-state index contributed by atoms with van der Waals surface area (Å²) in [6.45, 7) is 0.